The van der Waals surface area contributed by atoms with E-state index >= 15 is 0 Å². The number of hydrogen-bond donors (Lipinski definition) is 3. The van der Waals surface area contributed by atoms with E-state index < -0.39 is 0 Å². The standard InChI is InChI=1S/C24H20N6OS2/c1-31-21-12-11-19-22(30-21)33-24(27-19)29-20-14-17(13-15-5-3-2-4-6-15)26-23(28-20)25-16-7-9-18(32)10-8-16/h2-12,14,32H,13H2,1H3,(H2,25,26,27,28,29). The van der Waals surface area contributed by atoms with Gasteiger partial charge in [0.2, 0.25) is 11.8 Å². The fraction of sp³-hybridized carbons (Fsp3) is 0.0833. The van der Waals surface area contributed by atoms with Gasteiger partial charge in [-0.3, -0.25) is 0 Å². The van der Waals surface area contributed by atoms with Crippen LogP contribution in [0.2, 0.25) is 0 Å². The first-order valence-electron chi connectivity index (χ1n) is 10.2. The monoisotopic (exact) mass is 472 g/mol. The third kappa shape index (κ3) is 5.21. The van der Waals surface area contributed by atoms with E-state index in [1.165, 1.54) is 16.9 Å². The second kappa shape index (κ2) is 9.43. The van der Waals surface area contributed by atoms with Crippen LogP contribution in [0.1, 0.15) is 11.3 Å². The molecule has 0 atom stereocenters. The van der Waals surface area contributed by atoms with Gasteiger partial charge in [0.05, 0.1) is 12.8 Å². The number of thiol groups is 1. The predicted octanol–water partition coefficient (Wildman–Crippen LogP) is 5.86. The minimum atomic E-state index is 0.499. The first-order chi connectivity index (χ1) is 16.1. The zero-order valence-electron chi connectivity index (χ0n) is 17.7. The summed E-state index contributed by atoms with van der Waals surface area (Å²) < 4.78 is 5.22. The lowest BCUT2D eigenvalue weighted by Gasteiger charge is -2.10. The Morgan fingerprint density at radius 3 is 2.48 bits per heavy atom. The first-order valence-corrected chi connectivity index (χ1v) is 11.5. The van der Waals surface area contributed by atoms with Gasteiger partial charge in [0.25, 0.3) is 0 Å². The maximum Gasteiger partial charge on any atom is 0.229 e. The Hall–Kier alpha value is -3.69. The third-order valence-corrected chi connectivity index (χ3v) is 5.98. The molecule has 0 spiro atoms. The van der Waals surface area contributed by atoms with Crippen molar-refractivity contribution in [2.75, 3.05) is 17.7 Å². The molecule has 5 aromatic rings. The van der Waals surface area contributed by atoms with Crippen LogP contribution in [0.15, 0.2) is 77.7 Å². The molecule has 0 aliphatic carbocycles. The topological polar surface area (TPSA) is 84.9 Å². The Morgan fingerprint density at radius 2 is 1.70 bits per heavy atom. The normalized spacial score (nSPS) is 10.8. The van der Waals surface area contributed by atoms with Crippen LogP contribution < -0.4 is 15.4 Å². The van der Waals surface area contributed by atoms with Crippen molar-refractivity contribution in [1.29, 1.82) is 0 Å². The summed E-state index contributed by atoms with van der Waals surface area (Å²) in [7, 11) is 1.60. The van der Waals surface area contributed by atoms with Gasteiger partial charge in [-0.2, -0.15) is 4.98 Å². The molecule has 9 heteroatoms. The van der Waals surface area contributed by atoms with Crippen molar-refractivity contribution in [2.45, 2.75) is 11.3 Å². The first kappa shape index (κ1) is 21.2. The van der Waals surface area contributed by atoms with Crippen LogP contribution in [0.3, 0.4) is 0 Å². The molecule has 7 nitrogen and oxygen atoms in total. The number of benzene rings is 2. The van der Waals surface area contributed by atoms with Crippen LogP contribution >= 0.6 is 24.0 Å². The van der Waals surface area contributed by atoms with E-state index in [0.717, 1.165) is 26.6 Å². The number of thiazole rings is 1. The zero-order valence-corrected chi connectivity index (χ0v) is 19.4. The average Bonchev–Trinajstić information content (AvgIpc) is 3.22. The Morgan fingerprint density at radius 1 is 0.879 bits per heavy atom. The molecular weight excluding hydrogens is 452 g/mol. The largest absolute Gasteiger partial charge is 0.481 e. The smallest absolute Gasteiger partial charge is 0.229 e. The van der Waals surface area contributed by atoms with E-state index in [9.17, 15) is 0 Å². The fourth-order valence-corrected chi connectivity index (χ4v) is 4.25. The second-order valence-corrected chi connectivity index (χ2v) is 8.72. The van der Waals surface area contributed by atoms with Gasteiger partial charge in [-0.25, -0.2) is 15.0 Å². The van der Waals surface area contributed by atoms with E-state index in [-0.39, 0.29) is 0 Å². The van der Waals surface area contributed by atoms with Crippen molar-refractivity contribution in [1.82, 2.24) is 19.9 Å². The van der Waals surface area contributed by atoms with E-state index in [4.69, 9.17) is 9.72 Å². The summed E-state index contributed by atoms with van der Waals surface area (Å²) in [5, 5.41) is 7.29. The molecule has 2 N–H and O–H groups in total. The van der Waals surface area contributed by atoms with Gasteiger partial charge in [-0.1, -0.05) is 41.7 Å². The second-order valence-electron chi connectivity index (χ2n) is 7.22. The molecule has 0 amide bonds. The molecule has 3 heterocycles. The Bertz CT molecular complexity index is 1390. The molecule has 164 valence electrons. The van der Waals surface area contributed by atoms with Crippen molar-refractivity contribution in [3.05, 3.63) is 84.1 Å². The summed E-state index contributed by atoms with van der Waals surface area (Å²) in [5.74, 6) is 1.71. The molecule has 0 radical (unpaired) electrons. The van der Waals surface area contributed by atoms with E-state index in [2.05, 4.69) is 50.3 Å². The maximum atomic E-state index is 5.22. The highest BCUT2D eigenvalue weighted by molar-refractivity contribution is 7.80. The molecule has 0 fully saturated rings. The lowest BCUT2D eigenvalue weighted by atomic mass is 10.1. The summed E-state index contributed by atoms with van der Waals surface area (Å²) in [6, 6.07) is 23.6. The number of fused-ring (bicyclic) bond motifs is 1. The van der Waals surface area contributed by atoms with E-state index in [1.54, 1.807) is 13.2 Å². The van der Waals surface area contributed by atoms with Crippen molar-refractivity contribution < 1.29 is 4.74 Å². The summed E-state index contributed by atoms with van der Waals surface area (Å²) >= 11 is 5.79. The molecule has 0 aliphatic heterocycles. The highest BCUT2D eigenvalue weighted by Crippen LogP contribution is 2.29. The van der Waals surface area contributed by atoms with Gasteiger partial charge in [0, 0.05) is 29.1 Å². The van der Waals surface area contributed by atoms with Gasteiger partial charge < -0.3 is 15.4 Å². The molecule has 0 aliphatic rings. The zero-order chi connectivity index (χ0) is 22.6. The molecule has 0 saturated heterocycles. The number of ether oxygens (including phenoxy) is 1. The van der Waals surface area contributed by atoms with E-state index in [1.807, 2.05) is 54.6 Å². The van der Waals surface area contributed by atoms with Crippen LogP contribution in [0.4, 0.5) is 22.6 Å². The number of pyridine rings is 1. The molecule has 0 saturated carbocycles. The number of nitrogens with zero attached hydrogens (tertiary/aromatic N) is 4. The highest BCUT2D eigenvalue weighted by atomic mass is 32.1. The van der Waals surface area contributed by atoms with Crippen molar-refractivity contribution in [3.8, 4) is 5.88 Å². The number of methoxy groups -OCH3 is 1. The molecule has 33 heavy (non-hydrogen) atoms. The molecule has 0 unspecified atom stereocenters. The van der Waals surface area contributed by atoms with E-state index in [0.29, 0.717) is 29.2 Å². The van der Waals surface area contributed by atoms with Crippen LogP contribution in [0, 0.1) is 0 Å². The Kier molecular flexibility index (Phi) is 6.05. The summed E-state index contributed by atoms with van der Waals surface area (Å²) in [6.45, 7) is 0. The van der Waals surface area contributed by atoms with Gasteiger partial charge in [0.1, 0.15) is 16.2 Å². The molecule has 3 aromatic heterocycles. The number of hydrogen-bond acceptors (Lipinski definition) is 9. The van der Waals surface area contributed by atoms with Crippen molar-refractivity contribution in [2.24, 2.45) is 0 Å². The number of anilines is 4. The average molecular weight is 473 g/mol. The summed E-state index contributed by atoms with van der Waals surface area (Å²) in [5.41, 5.74) is 3.73. The number of nitrogens with one attached hydrogen (secondary N) is 2. The van der Waals surface area contributed by atoms with Gasteiger partial charge in [-0.05, 0) is 35.9 Å². The van der Waals surface area contributed by atoms with Gasteiger partial charge in [-0.15, -0.1) is 12.6 Å². The number of aromatic nitrogens is 4. The molecule has 0 bridgehead atoms. The van der Waals surface area contributed by atoms with Gasteiger partial charge in [0.15, 0.2) is 5.13 Å². The molecule has 2 aromatic carbocycles. The Labute approximate surface area is 200 Å². The summed E-state index contributed by atoms with van der Waals surface area (Å²) in [6.07, 6.45) is 0.681. The SMILES string of the molecule is COc1ccc2nc(Nc3cc(Cc4ccccc4)nc(Nc4ccc(S)cc4)n3)sc2n1. The van der Waals surface area contributed by atoms with Crippen LogP contribution in [0.5, 0.6) is 5.88 Å². The lowest BCUT2D eigenvalue weighted by molar-refractivity contribution is 0.400. The van der Waals surface area contributed by atoms with Crippen LogP contribution in [0.25, 0.3) is 10.3 Å². The predicted molar refractivity (Wildman–Crippen MR) is 136 cm³/mol. The maximum absolute atomic E-state index is 5.22. The molecular formula is C24H20N6OS2. The lowest BCUT2D eigenvalue weighted by Crippen LogP contribution is -2.04. The minimum absolute atomic E-state index is 0.499. The molecule has 5 rings (SSSR count). The van der Waals surface area contributed by atoms with Crippen molar-refractivity contribution >= 4 is 56.9 Å². The highest BCUT2D eigenvalue weighted by Gasteiger charge is 2.11. The minimum Gasteiger partial charge on any atom is -0.481 e. The fourth-order valence-electron chi connectivity index (χ4n) is 3.26. The Balaban J connectivity index is 1.46. The van der Waals surface area contributed by atoms with Crippen LogP contribution in [-0.2, 0) is 6.42 Å². The number of rotatable bonds is 7. The van der Waals surface area contributed by atoms with Crippen LogP contribution in [-0.4, -0.2) is 27.0 Å². The summed E-state index contributed by atoms with van der Waals surface area (Å²) in [4.78, 5) is 20.1. The van der Waals surface area contributed by atoms with Gasteiger partial charge >= 0.3 is 0 Å². The van der Waals surface area contributed by atoms with Crippen molar-refractivity contribution in [3.63, 3.8) is 0 Å². The third-order valence-electron chi connectivity index (χ3n) is 4.80. The quantitative estimate of drug-likeness (QED) is 0.256.